The van der Waals surface area contributed by atoms with Gasteiger partial charge in [0.25, 0.3) is 0 Å². The molecule has 9 nitrogen and oxygen atoms in total. The summed E-state index contributed by atoms with van der Waals surface area (Å²) >= 11 is 0. The monoisotopic (exact) mass is 490 g/mol. The molecule has 0 atom stereocenters. The maximum atomic E-state index is 11.9. The van der Waals surface area contributed by atoms with Crippen molar-refractivity contribution in [2.24, 2.45) is 5.73 Å². The maximum absolute atomic E-state index is 11.9. The average Bonchev–Trinajstić information content (AvgIpc) is 2.88. The first kappa shape index (κ1) is 27.3. The molecule has 0 aliphatic carbocycles. The Morgan fingerprint density at radius 3 is 1.72 bits per heavy atom. The highest BCUT2D eigenvalue weighted by Gasteiger charge is 2.06. The molecule has 1 aromatic heterocycles. The van der Waals surface area contributed by atoms with E-state index in [1.54, 1.807) is 54.7 Å². The van der Waals surface area contributed by atoms with E-state index in [4.69, 9.17) is 15.2 Å². The fraction of sp³-hybridized carbons (Fsp3) is 0.111. The standard InChI is InChI=1S/C21H20O6.C6H6N2O/c1-26-20-11-14(5-9-18(20)24)3-7-16(22)13-17(23)8-4-15-6-10-19(25)21(12-15)27-2;7-6(9)5-2-1-3-8-4-5/h3-12,24-25H,13H2,1-2H3;1-4H,(H2,7,9)/b7-3+,8-4+;. The number of nitrogens with two attached hydrogens (primary N) is 1. The number of pyridine rings is 1. The molecule has 3 aromatic rings. The average molecular weight is 491 g/mol. The second-order valence-electron chi connectivity index (χ2n) is 7.24. The van der Waals surface area contributed by atoms with Crippen molar-refractivity contribution < 1.29 is 34.1 Å². The van der Waals surface area contributed by atoms with E-state index in [0.717, 1.165) is 0 Å². The van der Waals surface area contributed by atoms with E-state index < -0.39 is 5.91 Å². The summed E-state index contributed by atoms with van der Waals surface area (Å²) in [5.41, 5.74) is 6.71. The molecule has 9 heteroatoms. The quantitative estimate of drug-likeness (QED) is 0.305. The number of phenolic OH excluding ortho intramolecular Hbond substituents is 2. The van der Waals surface area contributed by atoms with E-state index in [1.165, 1.54) is 44.7 Å². The van der Waals surface area contributed by atoms with E-state index in [1.807, 2.05) is 0 Å². The van der Waals surface area contributed by atoms with Crippen LogP contribution < -0.4 is 15.2 Å². The number of benzene rings is 2. The van der Waals surface area contributed by atoms with Gasteiger partial charge >= 0.3 is 0 Å². The summed E-state index contributed by atoms with van der Waals surface area (Å²) in [4.78, 5) is 37.9. The molecule has 0 saturated carbocycles. The topological polar surface area (TPSA) is 149 Å². The lowest BCUT2D eigenvalue weighted by Crippen LogP contribution is -2.10. The SMILES string of the molecule is COc1cc(/C=C/C(=O)CC(=O)/C=C/c2ccc(O)c(OC)c2)ccc1O.NC(=O)c1cccnc1. The van der Waals surface area contributed by atoms with Crippen molar-refractivity contribution in [1.82, 2.24) is 4.98 Å². The molecular weight excluding hydrogens is 464 g/mol. The summed E-state index contributed by atoms with van der Waals surface area (Å²) in [7, 11) is 2.87. The van der Waals surface area contributed by atoms with Gasteiger partial charge < -0.3 is 25.4 Å². The van der Waals surface area contributed by atoms with Crippen LogP contribution in [-0.2, 0) is 9.59 Å². The lowest BCUT2D eigenvalue weighted by Gasteiger charge is -2.03. The predicted octanol–water partition coefficient (Wildman–Crippen LogP) is 3.55. The summed E-state index contributed by atoms with van der Waals surface area (Å²) < 4.78 is 10.00. The number of rotatable bonds is 9. The second kappa shape index (κ2) is 13.7. The smallest absolute Gasteiger partial charge is 0.250 e. The first-order chi connectivity index (χ1) is 17.2. The van der Waals surface area contributed by atoms with Gasteiger partial charge in [0.15, 0.2) is 34.6 Å². The lowest BCUT2D eigenvalue weighted by molar-refractivity contribution is -0.121. The predicted molar refractivity (Wildman–Crippen MR) is 135 cm³/mol. The molecule has 4 N–H and O–H groups in total. The van der Waals surface area contributed by atoms with Gasteiger partial charge in [0.1, 0.15) is 0 Å². The van der Waals surface area contributed by atoms with Crippen LogP contribution in [0.2, 0.25) is 0 Å². The van der Waals surface area contributed by atoms with Crippen LogP contribution in [0, 0.1) is 0 Å². The second-order valence-corrected chi connectivity index (χ2v) is 7.24. The van der Waals surface area contributed by atoms with E-state index in [0.29, 0.717) is 28.2 Å². The molecule has 0 bridgehead atoms. The Morgan fingerprint density at radius 2 is 1.36 bits per heavy atom. The number of nitrogens with zero attached hydrogens (tertiary/aromatic N) is 1. The Morgan fingerprint density at radius 1 is 0.861 bits per heavy atom. The van der Waals surface area contributed by atoms with Crippen LogP contribution >= 0.6 is 0 Å². The highest BCUT2D eigenvalue weighted by Crippen LogP contribution is 2.27. The van der Waals surface area contributed by atoms with Crippen molar-refractivity contribution in [1.29, 1.82) is 0 Å². The van der Waals surface area contributed by atoms with Crippen molar-refractivity contribution in [3.63, 3.8) is 0 Å². The van der Waals surface area contributed by atoms with Crippen LogP contribution in [0.4, 0.5) is 0 Å². The molecule has 36 heavy (non-hydrogen) atoms. The number of hydrogen-bond acceptors (Lipinski definition) is 8. The van der Waals surface area contributed by atoms with Gasteiger partial charge in [-0.2, -0.15) is 0 Å². The summed E-state index contributed by atoms with van der Waals surface area (Å²) in [6.45, 7) is 0. The van der Waals surface area contributed by atoms with E-state index in [9.17, 15) is 24.6 Å². The zero-order valence-corrected chi connectivity index (χ0v) is 19.8. The number of allylic oxidation sites excluding steroid dienone is 2. The van der Waals surface area contributed by atoms with Gasteiger partial charge in [0.2, 0.25) is 5.91 Å². The number of hydrogen-bond donors (Lipinski definition) is 3. The minimum Gasteiger partial charge on any atom is -0.504 e. The zero-order chi connectivity index (χ0) is 26.5. The summed E-state index contributed by atoms with van der Waals surface area (Å²) in [6, 6.07) is 12.6. The maximum Gasteiger partial charge on any atom is 0.250 e. The fourth-order valence-electron chi connectivity index (χ4n) is 2.77. The molecule has 0 fully saturated rings. The Bertz CT molecular complexity index is 1190. The van der Waals surface area contributed by atoms with Crippen molar-refractivity contribution in [2.75, 3.05) is 14.2 Å². The normalized spacial score (nSPS) is 10.5. The highest BCUT2D eigenvalue weighted by atomic mass is 16.5. The Hall–Kier alpha value is -4.92. The van der Waals surface area contributed by atoms with Crippen molar-refractivity contribution in [2.45, 2.75) is 6.42 Å². The van der Waals surface area contributed by atoms with Gasteiger partial charge in [-0.1, -0.05) is 24.3 Å². The third-order valence-corrected chi connectivity index (χ3v) is 4.63. The van der Waals surface area contributed by atoms with E-state index in [-0.39, 0.29) is 29.5 Å². The summed E-state index contributed by atoms with van der Waals surface area (Å²) in [5.74, 6) is -0.525. The molecule has 186 valence electrons. The van der Waals surface area contributed by atoms with Gasteiger partial charge in [-0.05, 0) is 59.7 Å². The Labute approximate surface area is 208 Å². The van der Waals surface area contributed by atoms with Crippen LogP contribution in [-0.4, -0.2) is 46.9 Å². The number of methoxy groups -OCH3 is 2. The number of ether oxygens (including phenoxy) is 2. The number of amides is 1. The Balaban J connectivity index is 0.000000425. The van der Waals surface area contributed by atoms with Crippen LogP contribution in [0.15, 0.2) is 73.1 Å². The van der Waals surface area contributed by atoms with Gasteiger partial charge in [0, 0.05) is 12.4 Å². The molecule has 1 amide bonds. The zero-order valence-electron chi connectivity index (χ0n) is 19.8. The number of carbonyl (C=O) groups is 3. The van der Waals surface area contributed by atoms with Crippen molar-refractivity contribution >= 4 is 29.6 Å². The molecular formula is C27H26N2O7. The minimum absolute atomic E-state index is 0.00662. The van der Waals surface area contributed by atoms with Gasteiger partial charge in [0.05, 0.1) is 26.2 Å². The third-order valence-electron chi connectivity index (χ3n) is 4.63. The number of phenols is 2. The largest absolute Gasteiger partial charge is 0.504 e. The third kappa shape index (κ3) is 8.79. The molecule has 0 radical (unpaired) electrons. The van der Waals surface area contributed by atoms with E-state index >= 15 is 0 Å². The minimum atomic E-state index is -0.442. The van der Waals surface area contributed by atoms with Crippen LogP contribution in [0.3, 0.4) is 0 Å². The van der Waals surface area contributed by atoms with Crippen LogP contribution in [0.5, 0.6) is 23.0 Å². The molecule has 3 rings (SSSR count). The van der Waals surface area contributed by atoms with Gasteiger partial charge in [-0.15, -0.1) is 0 Å². The highest BCUT2D eigenvalue weighted by molar-refractivity contribution is 6.10. The summed E-state index contributed by atoms with van der Waals surface area (Å²) in [6.07, 6.45) is 8.47. The molecule has 0 aliphatic heterocycles. The molecule has 2 aromatic carbocycles. The first-order valence-electron chi connectivity index (χ1n) is 10.6. The fourth-order valence-corrected chi connectivity index (χ4v) is 2.77. The van der Waals surface area contributed by atoms with Crippen LogP contribution in [0.1, 0.15) is 27.9 Å². The lowest BCUT2D eigenvalue weighted by atomic mass is 10.1. The molecule has 0 unspecified atom stereocenters. The molecule has 0 spiro atoms. The molecule has 0 aliphatic rings. The molecule has 1 heterocycles. The van der Waals surface area contributed by atoms with Gasteiger partial charge in [-0.25, -0.2) is 0 Å². The number of carbonyl (C=O) groups excluding carboxylic acids is 3. The number of aromatic hydroxyl groups is 2. The van der Waals surface area contributed by atoms with Gasteiger partial charge in [-0.3, -0.25) is 19.4 Å². The first-order valence-corrected chi connectivity index (χ1v) is 10.6. The summed E-state index contributed by atoms with van der Waals surface area (Å²) in [5, 5.41) is 19.1. The molecule has 0 saturated heterocycles. The number of ketones is 2. The van der Waals surface area contributed by atoms with E-state index in [2.05, 4.69) is 4.98 Å². The Kier molecular flexibility index (Phi) is 10.4. The van der Waals surface area contributed by atoms with Crippen LogP contribution in [0.25, 0.3) is 12.2 Å². The number of primary amides is 1. The number of aromatic nitrogens is 1. The van der Waals surface area contributed by atoms with Crippen molar-refractivity contribution in [3.05, 3.63) is 89.8 Å². The van der Waals surface area contributed by atoms with Crippen molar-refractivity contribution in [3.8, 4) is 23.0 Å².